The molecule has 1 fully saturated rings. The summed E-state index contributed by atoms with van der Waals surface area (Å²) in [4.78, 5) is 17.0. The van der Waals surface area contributed by atoms with Gasteiger partial charge in [0.15, 0.2) is 5.16 Å². The SMILES string of the molecule is COc1ccc(C2(C(=O)NCc3cnc(SC)n3C)CC2)cc1. The molecule has 1 amide bonds. The summed E-state index contributed by atoms with van der Waals surface area (Å²) in [7, 11) is 3.61. The molecule has 1 aliphatic rings. The highest BCUT2D eigenvalue weighted by molar-refractivity contribution is 7.98. The van der Waals surface area contributed by atoms with Crippen molar-refractivity contribution in [3.05, 3.63) is 41.7 Å². The van der Waals surface area contributed by atoms with Gasteiger partial charge in [0.2, 0.25) is 5.91 Å². The molecule has 6 heteroatoms. The number of amides is 1. The largest absolute Gasteiger partial charge is 0.497 e. The van der Waals surface area contributed by atoms with Gasteiger partial charge in [-0.3, -0.25) is 4.79 Å². The summed E-state index contributed by atoms with van der Waals surface area (Å²) in [6.07, 6.45) is 5.60. The van der Waals surface area contributed by atoms with Gasteiger partial charge >= 0.3 is 0 Å². The van der Waals surface area contributed by atoms with Gasteiger partial charge in [-0.1, -0.05) is 23.9 Å². The van der Waals surface area contributed by atoms with E-state index in [-0.39, 0.29) is 11.3 Å². The van der Waals surface area contributed by atoms with Gasteiger partial charge in [0, 0.05) is 7.05 Å². The maximum atomic E-state index is 12.7. The van der Waals surface area contributed by atoms with Gasteiger partial charge in [0.25, 0.3) is 0 Å². The van der Waals surface area contributed by atoms with Crippen molar-refractivity contribution in [3.8, 4) is 5.75 Å². The second-order valence-corrected chi connectivity index (χ2v) is 6.56. The van der Waals surface area contributed by atoms with E-state index in [0.29, 0.717) is 6.54 Å². The van der Waals surface area contributed by atoms with E-state index < -0.39 is 0 Å². The second-order valence-electron chi connectivity index (χ2n) is 5.79. The minimum Gasteiger partial charge on any atom is -0.497 e. The van der Waals surface area contributed by atoms with Crippen LogP contribution in [0.4, 0.5) is 0 Å². The monoisotopic (exact) mass is 331 g/mol. The van der Waals surface area contributed by atoms with E-state index in [4.69, 9.17) is 4.74 Å². The fourth-order valence-electron chi connectivity index (χ4n) is 2.80. The first kappa shape index (κ1) is 15.9. The summed E-state index contributed by atoms with van der Waals surface area (Å²) in [6, 6.07) is 7.80. The lowest BCUT2D eigenvalue weighted by Gasteiger charge is -2.16. The van der Waals surface area contributed by atoms with Gasteiger partial charge in [0.1, 0.15) is 5.75 Å². The van der Waals surface area contributed by atoms with Gasteiger partial charge in [-0.05, 0) is 36.8 Å². The Labute approximate surface area is 140 Å². The second kappa shape index (κ2) is 6.28. The molecule has 1 N–H and O–H groups in total. The summed E-state index contributed by atoms with van der Waals surface area (Å²) < 4.78 is 7.19. The number of carbonyl (C=O) groups excluding carboxylic acids is 1. The highest BCUT2D eigenvalue weighted by Gasteiger charge is 2.51. The Hall–Kier alpha value is -1.95. The lowest BCUT2D eigenvalue weighted by Crippen LogP contribution is -2.34. The molecule has 0 aliphatic heterocycles. The first-order chi connectivity index (χ1) is 11.1. The van der Waals surface area contributed by atoms with Gasteiger partial charge in [-0.15, -0.1) is 0 Å². The average Bonchev–Trinajstić information content (AvgIpc) is 3.32. The van der Waals surface area contributed by atoms with E-state index in [1.54, 1.807) is 18.9 Å². The smallest absolute Gasteiger partial charge is 0.230 e. The van der Waals surface area contributed by atoms with Crippen molar-refractivity contribution in [2.75, 3.05) is 13.4 Å². The van der Waals surface area contributed by atoms with Crippen LogP contribution in [0.1, 0.15) is 24.1 Å². The van der Waals surface area contributed by atoms with E-state index in [0.717, 1.165) is 35.0 Å². The summed E-state index contributed by atoms with van der Waals surface area (Å²) in [6.45, 7) is 0.501. The third kappa shape index (κ3) is 2.95. The molecular formula is C17H21N3O2S. The van der Waals surface area contributed by atoms with Crippen LogP contribution in [0.15, 0.2) is 35.6 Å². The Balaban J connectivity index is 1.68. The fraction of sp³-hybridized carbons (Fsp3) is 0.412. The summed E-state index contributed by atoms with van der Waals surface area (Å²) in [5, 5.41) is 4.02. The van der Waals surface area contributed by atoms with E-state index >= 15 is 0 Å². The van der Waals surface area contributed by atoms with Crippen molar-refractivity contribution in [2.24, 2.45) is 7.05 Å². The Morgan fingerprint density at radius 1 is 1.39 bits per heavy atom. The number of methoxy groups -OCH3 is 1. The minimum absolute atomic E-state index is 0.0922. The standard InChI is InChI=1S/C17H21N3O2S/c1-20-13(11-19-16(20)23-3)10-18-15(21)17(8-9-17)12-4-6-14(22-2)7-5-12/h4-7,11H,8-10H2,1-3H3,(H,18,21). The predicted octanol–water partition coefficient (Wildman–Crippen LogP) is 2.50. The highest BCUT2D eigenvalue weighted by atomic mass is 32.2. The van der Waals surface area contributed by atoms with E-state index in [1.165, 1.54) is 0 Å². The first-order valence-corrected chi connectivity index (χ1v) is 8.80. The number of rotatable bonds is 6. The number of imidazole rings is 1. The van der Waals surface area contributed by atoms with E-state index in [2.05, 4.69) is 10.3 Å². The summed E-state index contributed by atoms with van der Waals surface area (Å²) in [5.41, 5.74) is 1.70. The molecule has 23 heavy (non-hydrogen) atoms. The van der Waals surface area contributed by atoms with Crippen molar-refractivity contribution >= 4 is 17.7 Å². The van der Waals surface area contributed by atoms with Crippen molar-refractivity contribution in [1.29, 1.82) is 0 Å². The van der Waals surface area contributed by atoms with Crippen molar-refractivity contribution in [2.45, 2.75) is 30.0 Å². The quantitative estimate of drug-likeness (QED) is 0.826. The molecule has 1 aliphatic carbocycles. The van der Waals surface area contributed by atoms with Crippen LogP contribution >= 0.6 is 11.8 Å². The molecule has 122 valence electrons. The van der Waals surface area contributed by atoms with Gasteiger partial charge in [0.05, 0.1) is 31.0 Å². The molecule has 0 spiro atoms. The van der Waals surface area contributed by atoms with Crippen LogP contribution < -0.4 is 10.1 Å². The number of hydrogen-bond acceptors (Lipinski definition) is 4. The maximum absolute atomic E-state index is 12.7. The molecule has 1 aromatic heterocycles. The Morgan fingerprint density at radius 2 is 2.09 bits per heavy atom. The van der Waals surface area contributed by atoms with Gasteiger partial charge in [-0.2, -0.15) is 0 Å². The minimum atomic E-state index is -0.368. The van der Waals surface area contributed by atoms with Crippen LogP contribution in [0, 0.1) is 0 Å². The number of aromatic nitrogens is 2. The van der Waals surface area contributed by atoms with E-state index in [1.807, 2.05) is 48.3 Å². The zero-order valence-corrected chi connectivity index (χ0v) is 14.4. The van der Waals surface area contributed by atoms with Crippen LogP contribution in [0.25, 0.3) is 0 Å². The molecule has 1 saturated carbocycles. The van der Waals surface area contributed by atoms with Crippen molar-refractivity contribution < 1.29 is 9.53 Å². The van der Waals surface area contributed by atoms with Crippen LogP contribution in [0.2, 0.25) is 0 Å². The molecule has 2 aromatic rings. The number of hydrogen-bond donors (Lipinski definition) is 1. The highest BCUT2D eigenvalue weighted by Crippen LogP contribution is 2.48. The summed E-state index contributed by atoms with van der Waals surface area (Å²) in [5.74, 6) is 0.902. The number of benzene rings is 1. The molecule has 0 atom stereocenters. The summed E-state index contributed by atoms with van der Waals surface area (Å²) >= 11 is 1.60. The molecule has 5 nitrogen and oxygen atoms in total. The first-order valence-electron chi connectivity index (χ1n) is 7.58. The third-order valence-corrected chi connectivity index (χ3v) is 5.23. The average molecular weight is 331 g/mol. The van der Waals surface area contributed by atoms with Crippen LogP contribution in [-0.2, 0) is 23.8 Å². The van der Waals surface area contributed by atoms with Crippen LogP contribution in [-0.4, -0.2) is 28.8 Å². The molecule has 0 bridgehead atoms. The number of ether oxygens (including phenoxy) is 1. The zero-order valence-electron chi connectivity index (χ0n) is 13.6. The van der Waals surface area contributed by atoms with Gasteiger partial charge < -0.3 is 14.6 Å². The Morgan fingerprint density at radius 3 is 2.61 bits per heavy atom. The number of thioether (sulfide) groups is 1. The van der Waals surface area contributed by atoms with Gasteiger partial charge in [-0.25, -0.2) is 4.98 Å². The molecule has 0 saturated heterocycles. The molecule has 3 rings (SSSR count). The fourth-order valence-corrected chi connectivity index (χ4v) is 3.35. The predicted molar refractivity (Wildman–Crippen MR) is 90.7 cm³/mol. The Kier molecular flexibility index (Phi) is 4.35. The number of nitrogens with one attached hydrogen (secondary N) is 1. The van der Waals surface area contributed by atoms with Crippen LogP contribution in [0.5, 0.6) is 5.75 Å². The third-order valence-electron chi connectivity index (χ3n) is 4.48. The van der Waals surface area contributed by atoms with E-state index in [9.17, 15) is 4.79 Å². The zero-order chi connectivity index (χ0) is 16.4. The molecule has 0 unspecified atom stereocenters. The normalized spacial score (nSPS) is 15.3. The maximum Gasteiger partial charge on any atom is 0.230 e. The number of carbonyl (C=O) groups is 1. The van der Waals surface area contributed by atoms with Crippen molar-refractivity contribution in [1.82, 2.24) is 14.9 Å². The number of nitrogens with zero attached hydrogens (tertiary/aromatic N) is 2. The topological polar surface area (TPSA) is 56.1 Å². The lowest BCUT2D eigenvalue weighted by atomic mass is 9.95. The molecule has 1 aromatic carbocycles. The molecule has 0 radical (unpaired) electrons. The van der Waals surface area contributed by atoms with Crippen molar-refractivity contribution in [3.63, 3.8) is 0 Å². The Bertz CT molecular complexity index is 705. The molecule has 1 heterocycles. The molecular weight excluding hydrogens is 310 g/mol. The van der Waals surface area contributed by atoms with Crippen LogP contribution in [0.3, 0.4) is 0 Å². The lowest BCUT2D eigenvalue weighted by molar-refractivity contribution is -0.123.